The molecule has 86 valence electrons. The van der Waals surface area contributed by atoms with Crippen LogP contribution in [0, 0.1) is 0 Å². The van der Waals surface area contributed by atoms with Gasteiger partial charge >= 0.3 is 0 Å². The van der Waals surface area contributed by atoms with E-state index in [0.717, 1.165) is 5.69 Å². The number of rotatable bonds is 1. The second-order valence-corrected chi connectivity index (χ2v) is 5.07. The zero-order valence-electron chi connectivity index (χ0n) is 9.78. The molecule has 16 heavy (non-hydrogen) atoms. The zero-order valence-corrected chi connectivity index (χ0v) is 9.78. The standard InChI is InChI=1S/C14H20N2/c15-13-6-4-5-12-11(13)7-8-14(12)16-9-2-1-3-10-16/h4-6,14H,1-3,7-10,15H2. The van der Waals surface area contributed by atoms with Crippen LogP contribution in [0.3, 0.4) is 0 Å². The van der Waals surface area contributed by atoms with E-state index >= 15 is 0 Å². The Kier molecular flexibility index (Phi) is 2.60. The average Bonchev–Trinajstić information content (AvgIpc) is 2.75. The predicted molar refractivity (Wildman–Crippen MR) is 67.3 cm³/mol. The summed E-state index contributed by atoms with van der Waals surface area (Å²) in [5.74, 6) is 0. The molecule has 1 unspecified atom stereocenters. The van der Waals surface area contributed by atoms with E-state index in [2.05, 4.69) is 17.0 Å². The number of fused-ring (bicyclic) bond motifs is 1. The summed E-state index contributed by atoms with van der Waals surface area (Å²) in [6.45, 7) is 2.55. The SMILES string of the molecule is Nc1cccc2c1CCC2N1CCCCC1. The van der Waals surface area contributed by atoms with Crippen LogP contribution in [0.5, 0.6) is 0 Å². The molecule has 1 aliphatic carbocycles. The molecule has 0 radical (unpaired) electrons. The molecule has 3 rings (SSSR count). The number of anilines is 1. The van der Waals surface area contributed by atoms with Crippen molar-refractivity contribution in [3.63, 3.8) is 0 Å². The van der Waals surface area contributed by atoms with Gasteiger partial charge in [0.2, 0.25) is 0 Å². The Morgan fingerprint density at radius 2 is 1.94 bits per heavy atom. The molecule has 1 aromatic rings. The third kappa shape index (κ3) is 1.61. The maximum Gasteiger partial charge on any atom is 0.0354 e. The Labute approximate surface area is 97.4 Å². The largest absolute Gasteiger partial charge is 0.398 e. The van der Waals surface area contributed by atoms with Crippen LogP contribution in [0.4, 0.5) is 5.69 Å². The van der Waals surface area contributed by atoms with Gasteiger partial charge in [0.1, 0.15) is 0 Å². The van der Waals surface area contributed by atoms with E-state index in [9.17, 15) is 0 Å². The quantitative estimate of drug-likeness (QED) is 0.731. The molecule has 1 aromatic carbocycles. The fourth-order valence-electron chi connectivity index (χ4n) is 3.27. The molecule has 0 amide bonds. The Balaban J connectivity index is 1.87. The van der Waals surface area contributed by atoms with E-state index in [0.29, 0.717) is 6.04 Å². The molecule has 1 aliphatic heterocycles. The number of benzene rings is 1. The fourth-order valence-corrected chi connectivity index (χ4v) is 3.27. The van der Waals surface area contributed by atoms with Crippen LogP contribution in [-0.2, 0) is 6.42 Å². The molecule has 2 nitrogen and oxygen atoms in total. The first-order valence-electron chi connectivity index (χ1n) is 6.47. The van der Waals surface area contributed by atoms with Gasteiger partial charge in [-0.25, -0.2) is 0 Å². The summed E-state index contributed by atoms with van der Waals surface area (Å²) >= 11 is 0. The lowest BCUT2D eigenvalue weighted by Crippen LogP contribution is -2.32. The van der Waals surface area contributed by atoms with Crippen LogP contribution < -0.4 is 5.73 Å². The van der Waals surface area contributed by atoms with Gasteiger partial charge in [-0.2, -0.15) is 0 Å². The van der Waals surface area contributed by atoms with Gasteiger partial charge in [0.25, 0.3) is 0 Å². The summed E-state index contributed by atoms with van der Waals surface area (Å²) in [5.41, 5.74) is 9.96. The van der Waals surface area contributed by atoms with Crippen molar-refractivity contribution in [1.82, 2.24) is 4.90 Å². The molecule has 2 aliphatic rings. The van der Waals surface area contributed by atoms with E-state index in [1.165, 1.54) is 56.3 Å². The summed E-state index contributed by atoms with van der Waals surface area (Å²) < 4.78 is 0. The minimum Gasteiger partial charge on any atom is -0.398 e. The van der Waals surface area contributed by atoms with E-state index in [-0.39, 0.29) is 0 Å². The number of nitrogens with two attached hydrogens (primary N) is 1. The lowest BCUT2D eigenvalue weighted by molar-refractivity contribution is 0.163. The van der Waals surface area contributed by atoms with Gasteiger partial charge in [-0.1, -0.05) is 18.6 Å². The minimum atomic E-state index is 0.652. The first-order chi connectivity index (χ1) is 7.86. The van der Waals surface area contributed by atoms with Crippen molar-refractivity contribution in [2.75, 3.05) is 18.8 Å². The third-order valence-electron chi connectivity index (χ3n) is 4.11. The normalized spacial score (nSPS) is 25.6. The highest BCUT2D eigenvalue weighted by atomic mass is 15.2. The van der Waals surface area contributed by atoms with Crippen molar-refractivity contribution in [2.45, 2.75) is 38.1 Å². The summed E-state index contributed by atoms with van der Waals surface area (Å²) in [5, 5.41) is 0. The van der Waals surface area contributed by atoms with Crippen LogP contribution in [0.2, 0.25) is 0 Å². The molecule has 0 saturated carbocycles. The lowest BCUT2D eigenvalue weighted by Gasteiger charge is -2.32. The van der Waals surface area contributed by atoms with Crippen LogP contribution in [0.1, 0.15) is 42.9 Å². The molecule has 1 fully saturated rings. The topological polar surface area (TPSA) is 29.3 Å². The first-order valence-corrected chi connectivity index (χ1v) is 6.47. The van der Waals surface area contributed by atoms with E-state index < -0.39 is 0 Å². The second kappa shape index (κ2) is 4.10. The molecule has 0 aromatic heterocycles. The Hall–Kier alpha value is -1.02. The highest BCUT2D eigenvalue weighted by Gasteiger charge is 2.29. The lowest BCUT2D eigenvalue weighted by atomic mass is 10.0. The van der Waals surface area contributed by atoms with E-state index in [4.69, 9.17) is 5.73 Å². The molecule has 1 atom stereocenters. The van der Waals surface area contributed by atoms with Crippen molar-refractivity contribution in [1.29, 1.82) is 0 Å². The van der Waals surface area contributed by atoms with Crippen molar-refractivity contribution < 1.29 is 0 Å². The first kappa shape index (κ1) is 10.2. The summed E-state index contributed by atoms with van der Waals surface area (Å²) in [6, 6.07) is 7.07. The number of nitrogen functional groups attached to an aromatic ring is 1. The van der Waals surface area contributed by atoms with Gasteiger partial charge in [0, 0.05) is 11.7 Å². The smallest absolute Gasteiger partial charge is 0.0354 e. The van der Waals surface area contributed by atoms with Crippen LogP contribution in [0.15, 0.2) is 18.2 Å². The molecule has 1 heterocycles. The monoisotopic (exact) mass is 216 g/mol. The summed E-state index contributed by atoms with van der Waals surface area (Å²) in [7, 11) is 0. The zero-order chi connectivity index (χ0) is 11.0. The number of likely N-dealkylation sites (tertiary alicyclic amines) is 1. The third-order valence-corrected chi connectivity index (χ3v) is 4.11. The molecule has 2 heteroatoms. The Morgan fingerprint density at radius 1 is 1.12 bits per heavy atom. The van der Waals surface area contributed by atoms with E-state index in [1.807, 2.05) is 6.07 Å². The predicted octanol–water partition coefficient (Wildman–Crippen LogP) is 2.74. The highest BCUT2D eigenvalue weighted by Crippen LogP contribution is 2.39. The molecular formula is C14H20N2. The summed E-state index contributed by atoms with van der Waals surface area (Å²) in [6.07, 6.45) is 6.59. The van der Waals surface area contributed by atoms with Crippen LogP contribution in [0.25, 0.3) is 0 Å². The molecule has 0 spiro atoms. The highest BCUT2D eigenvalue weighted by molar-refractivity contribution is 5.54. The molecular weight excluding hydrogens is 196 g/mol. The maximum absolute atomic E-state index is 6.05. The van der Waals surface area contributed by atoms with Crippen molar-refractivity contribution in [2.24, 2.45) is 0 Å². The van der Waals surface area contributed by atoms with Gasteiger partial charge in [0.05, 0.1) is 0 Å². The fraction of sp³-hybridized carbons (Fsp3) is 0.571. The average molecular weight is 216 g/mol. The van der Waals surface area contributed by atoms with Gasteiger partial charge in [-0.3, -0.25) is 4.90 Å². The number of piperidine rings is 1. The number of nitrogens with zero attached hydrogens (tertiary/aromatic N) is 1. The molecule has 1 saturated heterocycles. The number of hydrogen-bond donors (Lipinski definition) is 1. The minimum absolute atomic E-state index is 0.652. The Bertz CT molecular complexity index is 380. The van der Waals surface area contributed by atoms with Crippen LogP contribution in [-0.4, -0.2) is 18.0 Å². The second-order valence-electron chi connectivity index (χ2n) is 5.07. The number of hydrogen-bond acceptors (Lipinski definition) is 2. The molecule has 0 bridgehead atoms. The van der Waals surface area contributed by atoms with Gasteiger partial charge in [-0.05, 0) is 56.0 Å². The maximum atomic E-state index is 6.05. The van der Waals surface area contributed by atoms with Gasteiger partial charge in [0.15, 0.2) is 0 Å². The summed E-state index contributed by atoms with van der Waals surface area (Å²) in [4.78, 5) is 2.66. The van der Waals surface area contributed by atoms with Gasteiger partial charge in [-0.15, -0.1) is 0 Å². The Morgan fingerprint density at radius 3 is 2.75 bits per heavy atom. The van der Waals surface area contributed by atoms with Crippen molar-refractivity contribution in [3.8, 4) is 0 Å². The van der Waals surface area contributed by atoms with Gasteiger partial charge < -0.3 is 5.73 Å². The van der Waals surface area contributed by atoms with Crippen LogP contribution >= 0.6 is 0 Å². The van der Waals surface area contributed by atoms with Crippen molar-refractivity contribution >= 4 is 5.69 Å². The van der Waals surface area contributed by atoms with E-state index in [1.54, 1.807) is 0 Å². The molecule has 2 N–H and O–H groups in total. The van der Waals surface area contributed by atoms with Crippen molar-refractivity contribution in [3.05, 3.63) is 29.3 Å².